The molecule has 0 bridgehead atoms. The van der Waals surface area contributed by atoms with Gasteiger partial charge in [-0.3, -0.25) is 0 Å². The Bertz CT molecular complexity index is 404. The lowest BCUT2D eigenvalue weighted by Crippen LogP contribution is -2.07. The second-order valence-corrected chi connectivity index (χ2v) is 5.04. The van der Waals surface area contributed by atoms with Gasteiger partial charge in [-0.05, 0) is 46.4 Å². The zero-order valence-corrected chi connectivity index (χ0v) is 11.1. The van der Waals surface area contributed by atoms with E-state index < -0.39 is 0 Å². The monoisotopic (exact) mass is 285 g/mol. The number of rotatable bonds is 3. The molecule has 2 N–H and O–H groups in total. The van der Waals surface area contributed by atoms with E-state index in [4.69, 9.17) is 15.2 Å². The molecule has 0 amide bonds. The van der Waals surface area contributed by atoms with E-state index in [-0.39, 0.29) is 0 Å². The fraction of sp³-hybridized carbons (Fsp3) is 0.500. The summed E-state index contributed by atoms with van der Waals surface area (Å²) in [5.41, 5.74) is 8.10. The average Bonchev–Trinajstić information content (AvgIpc) is 2.66. The Labute approximate surface area is 104 Å². The summed E-state index contributed by atoms with van der Waals surface area (Å²) in [5, 5.41) is 0. The van der Waals surface area contributed by atoms with Crippen LogP contribution in [0.3, 0.4) is 0 Å². The smallest absolute Gasteiger partial charge is 0.231 e. The van der Waals surface area contributed by atoms with Gasteiger partial charge in [-0.15, -0.1) is 0 Å². The maximum atomic E-state index is 5.64. The zero-order chi connectivity index (χ0) is 11.7. The molecule has 1 aromatic rings. The molecule has 1 aliphatic heterocycles. The van der Waals surface area contributed by atoms with Crippen molar-refractivity contribution in [2.24, 2.45) is 5.73 Å². The Morgan fingerprint density at radius 1 is 1.38 bits per heavy atom. The first-order valence-corrected chi connectivity index (χ1v) is 6.25. The molecule has 0 atom stereocenters. The molecule has 16 heavy (non-hydrogen) atoms. The highest BCUT2D eigenvalue weighted by Crippen LogP contribution is 2.46. The van der Waals surface area contributed by atoms with Gasteiger partial charge in [-0.1, -0.05) is 13.8 Å². The van der Waals surface area contributed by atoms with Crippen LogP contribution in [0.5, 0.6) is 11.5 Å². The summed E-state index contributed by atoms with van der Waals surface area (Å²) in [5.74, 6) is 2.11. The quantitative estimate of drug-likeness (QED) is 0.929. The standard InChI is InChI=1S/C12H16BrNO2/c1-7(2)10-8(3-4-14)5-9(13)11-12(10)16-6-15-11/h5,7H,3-4,6,14H2,1-2H3. The molecule has 1 aromatic carbocycles. The van der Waals surface area contributed by atoms with E-state index in [2.05, 4.69) is 35.8 Å². The van der Waals surface area contributed by atoms with Crippen LogP contribution in [0.25, 0.3) is 0 Å². The van der Waals surface area contributed by atoms with Crippen molar-refractivity contribution < 1.29 is 9.47 Å². The van der Waals surface area contributed by atoms with Crippen molar-refractivity contribution >= 4 is 15.9 Å². The molecule has 3 nitrogen and oxygen atoms in total. The Balaban J connectivity index is 2.57. The van der Waals surface area contributed by atoms with Gasteiger partial charge in [0, 0.05) is 5.56 Å². The van der Waals surface area contributed by atoms with Crippen LogP contribution >= 0.6 is 15.9 Å². The minimum absolute atomic E-state index is 0.305. The number of benzene rings is 1. The highest BCUT2D eigenvalue weighted by atomic mass is 79.9. The molecule has 0 radical (unpaired) electrons. The van der Waals surface area contributed by atoms with E-state index in [1.165, 1.54) is 11.1 Å². The summed E-state index contributed by atoms with van der Waals surface area (Å²) >= 11 is 3.51. The minimum Gasteiger partial charge on any atom is -0.453 e. The van der Waals surface area contributed by atoms with Gasteiger partial charge in [0.2, 0.25) is 6.79 Å². The van der Waals surface area contributed by atoms with Crippen molar-refractivity contribution in [3.05, 3.63) is 21.7 Å². The molecule has 2 rings (SSSR count). The first-order valence-electron chi connectivity index (χ1n) is 5.46. The number of hydrogen-bond donors (Lipinski definition) is 1. The first kappa shape index (κ1) is 11.7. The van der Waals surface area contributed by atoms with Crippen molar-refractivity contribution in [1.29, 1.82) is 0 Å². The molecule has 0 saturated carbocycles. The predicted octanol–water partition coefficient (Wildman–Crippen LogP) is 2.80. The predicted molar refractivity (Wildman–Crippen MR) is 67.1 cm³/mol. The highest BCUT2D eigenvalue weighted by Gasteiger charge is 2.25. The average molecular weight is 286 g/mol. The zero-order valence-electron chi connectivity index (χ0n) is 9.55. The molecule has 0 aliphatic carbocycles. The molecule has 88 valence electrons. The first-order chi connectivity index (χ1) is 7.65. The maximum absolute atomic E-state index is 5.64. The topological polar surface area (TPSA) is 44.5 Å². The third-order valence-electron chi connectivity index (χ3n) is 2.71. The summed E-state index contributed by atoms with van der Waals surface area (Å²) in [4.78, 5) is 0. The van der Waals surface area contributed by atoms with Crippen LogP contribution in [0.2, 0.25) is 0 Å². The van der Waals surface area contributed by atoms with Crippen LogP contribution in [0.4, 0.5) is 0 Å². The van der Waals surface area contributed by atoms with Crippen LogP contribution in [0.15, 0.2) is 10.5 Å². The molecule has 1 heterocycles. The van der Waals surface area contributed by atoms with E-state index in [0.29, 0.717) is 19.3 Å². The van der Waals surface area contributed by atoms with E-state index in [1.54, 1.807) is 0 Å². The molecular formula is C12H16BrNO2. The second kappa shape index (κ2) is 4.63. The SMILES string of the molecule is CC(C)c1c(CCN)cc(Br)c2c1OCO2. The van der Waals surface area contributed by atoms with Crippen molar-refractivity contribution in [2.75, 3.05) is 13.3 Å². The molecule has 1 aliphatic rings. The lowest BCUT2D eigenvalue weighted by molar-refractivity contribution is 0.172. The van der Waals surface area contributed by atoms with Crippen molar-refractivity contribution in [3.8, 4) is 11.5 Å². The molecule has 4 heteroatoms. The highest BCUT2D eigenvalue weighted by molar-refractivity contribution is 9.10. The van der Waals surface area contributed by atoms with Gasteiger partial charge >= 0.3 is 0 Å². The summed E-state index contributed by atoms with van der Waals surface area (Å²) in [6.07, 6.45) is 0.864. The number of nitrogens with two attached hydrogens (primary N) is 1. The van der Waals surface area contributed by atoms with Gasteiger partial charge < -0.3 is 15.2 Å². The molecular weight excluding hydrogens is 270 g/mol. The summed E-state index contributed by atoms with van der Waals surface area (Å²) in [7, 11) is 0. The lowest BCUT2D eigenvalue weighted by atomic mass is 9.94. The van der Waals surface area contributed by atoms with Crippen LogP contribution in [-0.4, -0.2) is 13.3 Å². The molecule has 0 unspecified atom stereocenters. The second-order valence-electron chi connectivity index (χ2n) is 4.19. The lowest BCUT2D eigenvalue weighted by Gasteiger charge is -2.16. The van der Waals surface area contributed by atoms with Crippen molar-refractivity contribution in [2.45, 2.75) is 26.2 Å². The van der Waals surface area contributed by atoms with Gasteiger partial charge in [0.1, 0.15) is 0 Å². The molecule has 0 spiro atoms. The van der Waals surface area contributed by atoms with Crippen molar-refractivity contribution in [3.63, 3.8) is 0 Å². The largest absolute Gasteiger partial charge is 0.453 e. The summed E-state index contributed by atoms with van der Waals surface area (Å²) < 4.78 is 12.0. The van der Waals surface area contributed by atoms with Gasteiger partial charge in [-0.25, -0.2) is 0 Å². The summed E-state index contributed by atoms with van der Waals surface area (Å²) in [6, 6.07) is 2.09. The number of halogens is 1. The Hall–Kier alpha value is -0.740. The Morgan fingerprint density at radius 2 is 2.06 bits per heavy atom. The van der Waals surface area contributed by atoms with Crippen LogP contribution in [-0.2, 0) is 6.42 Å². The van der Waals surface area contributed by atoms with E-state index in [9.17, 15) is 0 Å². The fourth-order valence-corrected chi connectivity index (χ4v) is 2.66. The molecule has 0 saturated heterocycles. The van der Waals surface area contributed by atoms with E-state index in [0.717, 1.165) is 22.4 Å². The Kier molecular flexibility index (Phi) is 3.40. The number of ether oxygens (including phenoxy) is 2. The van der Waals surface area contributed by atoms with Gasteiger partial charge in [-0.2, -0.15) is 0 Å². The van der Waals surface area contributed by atoms with E-state index >= 15 is 0 Å². The van der Waals surface area contributed by atoms with Gasteiger partial charge in [0.15, 0.2) is 11.5 Å². The fourth-order valence-electron chi connectivity index (χ4n) is 2.09. The number of fused-ring (bicyclic) bond motifs is 1. The number of hydrogen-bond acceptors (Lipinski definition) is 3. The minimum atomic E-state index is 0.305. The molecule has 0 aromatic heterocycles. The van der Waals surface area contributed by atoms with Crippen LogP contribution in [0.1, 0.15) is 30.9 Å². The Morgan fingerprint density at radius 3 is 2.69 bits per heavy atom. The van der Waals surface area contributed by atoms with E-state index in [1.807, 2.05) is 0 Å². The van der Waals surface area contributed by atoms with Gasteiger partial charge in [0.05, 0.1) is 4.47 Å². The van der Waals surface area contributed by atoms with Crippen LogP contribution in [0, 0.1) is 0 Å². The summed E-state index contributed by atoms with van der Waals surface area (Å²) in [6.45, 7) is 5.27. The van der Waals surface area contributed by atoms with Crippen molar-refractivity contribution in [1.82, 2.24) is 0 Å². The molecule has 0 fully saturated rings. The third kappa shape index (κ3) is 1.92. The normalized spacial score (nSPS) is 13.6. The third-order valence-corrected chi connectivity index (χ3v) is 3.30. The van der Waals surface area contributed by atoms with Gasteiger partial charge in [0.25, 0.3) is 0 Å². The maximum Gasteiger partial charge on any atom is 0.231 e. The van der Waals surface area contributed by atoms with Crippen LogP contribution < -0.4 is 15.2 Å².